The number of rotatable bonds is 7. The number of hydrogen-bond donors (Lipinski definition) is 3. The summed E-state index contributed by atoms with van der Waals surface area (Å²) in [5.41, 5.74) is 0.476. The van der Waals surface area contributed by atoms with Gasteiger partial charge in [-0.3, -0.25) is 19.1 Å². The smallest absolute Gasteiger partial charge is 0.329 e. The second-order valence-corrected chi connectivity index (χ2v) is 9.05. The highest BCUT2D eigenvalue weighted by atomic mass is 32.1. The van der Waals surface area contributed by atoms with E-state index in [0.717, 1.165) is 22.0 Å². The summed E-state index contributed by atoms with van der Waals surface area (Å²) in [5, 5.41) is 6.01. The van der Waals surface area contributed by atoms with Gasteiger partial charge in [-0.25, -0.2) is 14.8 Å². The number of carbonyl (C=O) groups is 1. The summed E-state index contributed by atoms with van der Waals surface area (Å²) < 4.78 is 1.26. The van der Waals surface area contributed by atoms with E-state index in [2.05, 4.69) is 42.8 Å². The van der Waals surface area contributed by atoms with E-state index in [1.165, 1.54) is 16.5 Å². The van der Waals surface area contributed by atoms with Crippen molar-refractivity contribution in [2.75, 3.05) is 6.54 Å². The number of amides is 1. The van der Waals surface area contributed by atoms with Gasteiger partial charge in [0, 0.05) is 36.7 Å². The first-order valence-electron chi connectivity index (χ1n) is 9.36. The van der Waals surface area contributed by atoms with Crippen molar-refractivity contribution in [3.63, 3.8) is 0 Å². The van der Waals surface area contributed by atoms with Gasteiger partial charge < -0.3 is 10.3 Å². The molecule has 0 saturated heterocycles. The molecule has 0 atom stereocenters. The summed E-state index contributed by atoms with van der Waals surface area (Å²) in [6, 6.07) is 4.13. The molecule has 156 valence electrons. The molecule has 0 aliphatic rings. The Hall–Kier alpha value is -3.05. The van der Waals surface area contributed by atoms with Crippen LogP contribution < -0.4 is 16.6 Å². The Bertz CT molecular complexity index is 1330. The molecule has 0 radical (unpaired) electrons. The molecule has 0 spiro atoms. The fourth-order valence-corrected chi connectivity index (χ4v) is 4.70. The first-order valence-corrected chi connectivity index (χ1v) is 11.1. The van der Waals surface area contributed by atoms with Gasteiger partial charge in [0.15, 0.2) is 5.65 Å². The highest BCUT2D eigenvalue weighted by Crippen LogP contribution is 2.29. The third kappa shape index (κ3) is 4.26. The summed E-state index contributed by atoms with van der Waals surface area (Å²) in [7, 11) is 1.53. The SMILES string of the molecule is Cc1nc(-c2ccc(CCNC(=O)CCc3nc4c([nH]3)c(=O)[nH]c(=O)n4C)s2)cs1. The van der Waals surface area contributed by atoms with Crippen molar-refractivity contribution in [3.8, 4) is 10.6 Å². The lowest BCUT2D eigenvalue weighted by Crippen LogP contribution is -2.28. The van der Waals surface area contributed by atoms with E-state index < -0.39 is 11.2 Å². The van der Waals surface area contributed by atoms with Gasteiger partial charge in [-0.05, 0) is 25.5 Å². The van der Waals surface area contributed by atoms with E-state index in [9.17, 15) is 14.4 Å². The minimum Gasteiger partial charge on any atom is -0.356 e. The van der Waals surface area contributed by atoms with E-state index in [0.29, 0.717) is 18.8 Å². The predicted octanol–water partition coefficient (Wildman–Crippen LogP) is 1.73. The maximum atomic E-state index is 12.2. The third-order valence-corrected chi connectivity index (χ3v) is 6.56. The van der Waals surface area contributed by atoms with Crippen LogP contribution in [-0.4, -0.2) is 37.0 Å². The van der Waals surface area contributed by atoms with Crippen LogP contribution >= 0.6 is 22.7 Å². The van der Waals surface area contributed by atoms with Gasteiger partial charge in [-0.1, -0.05) is 0 Å². The number of carbonyl (C=O) groups excluding carboxylic acids is 1. The number of fused-ring (bicyclic) bond motifs is 1. The van der Waals surface area contributed by atoms with Crippen molar-refractivity contribution in [2.45, 2.75) is 26.2 Å². The second-order valence-electron chi connectivity index (χ2n) is 6.82. The van der Waals surface area contributed by atoms with Gasteiger partial charge >= 0.3 is 5.69 Å². The molecule has 3 N–H and O–H groups in total. The number of nitrogens with zero attached hydrogens (tertiary/aromatic N) is 3. The van der Waals surface area contributed by atoms with Gasteiger partial charge in [0.05, 0.1) is 15.6 Å². The molecule has 1 amide bonds. The van der Waals surface area contributed by atoms with Crippen LogP contribution in [0, 0.1) is 6.92 Å². The summed E-state index contributed by atoms with van der Waals surface area (Å²) in [4.78, 5) is 51.8. The molecule has 0 aromatic carbocycles. The molecule has 4 aromatic rings. The first-order chi connectivity index (χ1) is 14.4. The molecule has 0 aliphatic carbocycles. The Morgan fingerprint density at radius 1 is 1.20 bits per heavy atom. The lowest BCUT2D eigenvalue weighted by atomic mass is 10.2. The standard InChI is InChI=1S/C19H20N6O3S2/c1-10-21-12(9-29-10)13-4-3-11(30-13)7-8-20-15(26)6-5-14-22-16-17(23-14)25(2)19(28)24-18(16)27/h3-4,9H,5-8H2,1-2H3,(H,20,26)(H,22,23)(H,24,27,28). The monoisotopic (exact) mass is 444 g/mol. The Morgan fingerprint density at radius 2 is 2.03 bits per heavy atom. The number of aromatic amines is 2. The van der Waals surface area contributed by atoms with Crippen LogP contribution in [0.1, 0.15) is 22.1 Å². The van der Waals surface area contributed by atoms with Gasteiger partial charge in [0.25, 0.3) is 5.56 Å². The average molecular weight is 445 g/mol. The van der Waals surface area contributed by atoms with Gasteiger partial charge in [0.1, 0.15) is 11.3 Å². The van der Waals surface area contributed by atoms with Crippen molar-refractivity contribution in [2.24, 2.45) is 7.05 Å². The highest BCUT2D eigenvalue weighted by molar-refractivity contribution is 7.16. The topological polar surface area (TPSA) is 126 Å². The Morgan fingerprint density at radius 3 is 2.80 bits per heavy atom. The third-order valence-electron chi connectivity index (χ3n) is 4.62. The molecule has 0 fully saturated rings. The minimum atomic E-state index is -0.523. The zero-order chi connectivity index (χ0) is 21.3. The van der Waals surface area contributed by atoms with Gasteiger partial charge in [-0.2, -0.15) is 0 Å². The first kappa shape index (κ1) is 20.2. The Labute approximate surface area is 178 Å². The number of aromatic nitrogens is 5. The predicted molar refractivity (Wildman–Crippen MR) is 117 cm³/mol. The van der Waals surface area contributed by atoms with Crippen LogP contribution in [0.3, 0.4) is 0 Å². The number of nitrogens with one attached hydrogen (secondary N) is 3. The molecule has 0 saturated carbocycles. The van der Waals surface area contributed by atoms with Crippen molar-refractivity contribution in [3.05, 3.63) is 54.1 Å². The van der Waals surface area contributed by atoms with Crippen LogP contribution in [0.15, 0.2) is 27.1 Å². The molecule has 9 nitrogen and oxygen atoms in total. The number of aryl methyl sites for hydroxylation is 3. The summed E-state index contributed by atoms with van der Waals surface area (Å²) >= 11 is 3.32. The quantitative estimate of drug-likeness (QED) is 0.400. The molecule has 4 aromatic heterocycles. The number of hydrogen-bond acceptors (Lipinski definition) is 7. The largest absolute Gasteiger partial charge is 0.356 e. The second kappa shape index (κ2) is 8.36. The molecule has 0 bridgehead atoms. The molecular formula is C19H20N6O3S2. The maximum absolute atomic E-state index is 12.2. The molecule has 30 heavy (non-hydrogen) atoms. The molecule has 4 heterocycles. The van der Waals surface area contributed by atoms with Crippen LogP contribution in [0.2, 0.25) is 0 Å². The summed E-state index contributed by atoms with van der Waals surface area (Å²) in [5.74, 6) is 0.401. The molecule has 4 rings (SSSR count). The normalized spacial score (nSPS) is 11.3. The number of thiazole rings is 1. The molecule has 0 unspecified atom stereocenters. The lowest BCUT2D eigenvalue weighted by molar-refractivity contribution is -0.121. The summed E-state index contributed by atoms with van der Waals surface area (Å²) in [6.45, 7) is 2.53. The Kier molecular flexibility index (Phi) is 5.64. The molecular weight excluding hydrogens is 424 g/mol. The van der Waals surface area contributed by atoms with E-state index in [-0.39, 0.29) is 23.5 Å². The van der Waals surface area contributed by atoms with Crippen LogP contribution in [0.25, 0.3) is 21.7 Å². The van der Waals surface area contributed by atoms with Crippen molar-refractivity contribution >= 4 is 39.7 Å². The van der Waals surface area contributed by atoms with Gasteiger partial charge in [-0.15, -0.1) is 22.7 Å². The minimum absolute atomic E-state index is 0.0924. The number of imidazole rings is 1. The summed E-state index contributed by atoms with van der Waals surface area (Å²) in [6.07, 6.45) is 1.33. The van der Waals surface area contributed by atoms with Crippen molar-refractivity contribution < 1.29 is 4.79 Å². The zero-order valence-corrected chi connectivity index (χ0v) is 18.1. The zero-order valence-electron chi connectivity index (χ0n) is 16.4. The lowest BCUT2D eigenvalue weighted by Gasteiger charge is -2.03. The number of H-pyrrole nitrogens is 2. The van der Waals surface area contributed by atoms with E-state index in [4.69, 9.17) is 0 Å². The van der Waals surface area contributed by atoms with Crippen molar-refractivity contribution in [1.29, 1.82) is 0 Å². The fourth-order valence-electron chi connectivity index (χ4n) is 3.04. The van der Waals surface area contributed by atoms with E-state index in [1.54, 1.807) is 22.7 Å². The van der Waals surface area contributed by atoms with Crippen LogP contribution in [-0.2, 0) is 24.7 Å². The van der Waals surface area contributed by atoms with E-state index in [1.807, 2.05) is 6.92 Å². The highest BCUT2D eigenvalue weighted by Gasteiger charge is 2.12. The van der Waals surface area contributed by atoms with Crippen LogP contribution in [0.4, 0.5) is 0 Å². The molecule has 0 aliphatic heterocycles. The van der Waals surface area contributed by atoms with Crippen molar-refractivity contribution in [1.82, 2.24) is 29.8 Å². The maximum Gasteiger partial charge on any atom is 0.329 e. The van der Waals surface area contributed by atoms with E-state index >= 15 is 0 Å². The van der Waals surface area contributed by atoms with Gasteiger partial charge in [0.2, 0.25) is 5.91 Å². The number of thiophene rings is 1. The Balaban J connectivity index is 1.29. The average Bonchev–Trinajstić information content (AvgIpc) is 3.44. The fraction of sp³-hybridized carbons (Fsp3) is 0.316. The van der Waals surface area contributed by atoms with Crippen LogP contribution in [0.5, 0.6) is 0 Å². The molecule has 11 heteroatoms.